The molecule has 1 aliphatic carbocycles. The standard InChI is InChI=1S/C13H19N5O/c1-13(7-3-2-4-8-13)9-14-10-5-6-11-15-16-12(19)18(11)17-10/h5-6H,2-4,7-9H2,1H3,(H,14,17)(H,16,19). The number of anilines is 1. The molecular weight excluding hydrogens is 242 g/mol. The van der Waals surface area contributed by atoms with E-state index in [0.717, 1.165) is 12.4 Å². The van der Waals surface area contributed by atoms with Crippen molar-refractivity contribution in [3.05, 3.63) is 22.6 Å². The highest BCUT2D eigenvalue weighted by Gasteiger charge is 2.26. The van der Waals surface area contributed by atoms with Crippen molar-refractivity contribution in [3.8, 4) is 0 Å². The van der Waals surface area contributed by atoms with E-state index < -0.39 is 0 Å². The molecule has 2 aromatic heterocycles. The molecule has 0 aromatic carbocycles. The third-order valence-corrected chi connectivity index (χ3v) is 4.03. The second kappa shape index (κ2) is 4.68. The molecule has 3 rings (SSSR count). The Kier molecular flexibility index (Phi) is 3.00. The van der Waals surface area contributed by atoms with Crippen LogP contribution in [0.1, 0.15) is 39.0 Å². The topological polar surface area (TPSA) is 75.1 Å². The van der Waals surface area contributed by atoms with Gasteiger partial charge in [-0.2, -0.15) is 9.61 Å². The molecule has 6 heteroatoms. The lowest BCUT2D eigenvalue weighted by atomic mass is 9.76. The fourth-order valence-electron chi connectivity index (χ4n) is 2.78. The van der Waals surface area contributed by atoms with Crippen LogP contribution in [0.15, 0.2) is 16.9 Å². The van der Waals surface area contributed by atoms with E-state index in [-0.39, 0.29) is 5.69 Å². The minimum Gasteiger partial charge on any atom is -0.368 e. The van der Waals surface area contributed by atoms with E-state index in [1.54, 1.807) is 6.07 Å². The summed E-state index contributed by atoms with van der Waals surface area (Å²) in [5.74, 6) is 0.725. The van der Waals surface area contributed by atoms with Crippen molar-refractivity contribution in [2.24, 2.45) is 5.41 Å². The minimum atomic E-state index is -0.303. The van der Waals surface area contributed by atoms with Gasteiger partial charge in [0.05, 0.1) is 0 Å². The quantitative estimate of drug-likeness (QED) is 0.883. The fraction of sp³-hybridized carbons (Fsp3) is 0.615. The number of aromatic nitrogens is 4. The van der Waals surface area contributed by atoms with Gasteiger partial charge in [0, 0.05) is 6.54 Å². The van der Waals surface area contributed by atoms with Crippen molar-refractivity contribution in [1.29, 1.82) is 0 Å². The van der Waals surface area contributed by atoms with E-state index in [2.05, 4.69) is 27.5 Å². The maximum atomic E-state index is 11.5. The van der Waals surface area contributed by atoms with Crippen LogP contribution in [0, 0.1) is 5.41 Å². The number of nitrogens with one attached hydrogen (secondary N) is 2. The molecule has 1 aliphatic rings. The first-order valence-electron chi connectivity index (χ1n) is 6.85. The molecular formula is C13H19N5O. The summed E-state index contributed by atoms with van der Waals surface area (Å²) in [6, 6.07) is 3.65. The van der Waals surface area contributed by atoms with Crippen LogP contribution in [-0.4, -0.2) is 26.4 Å². The molecule has 1 fully saturated rings. The number of hydrogen-bond acceptors (Lipinski definition) is 4. The molecule has 0 bridgehead atoms. The van der Waals surface area contributed by atoms with Gasteiger partial charge >= 0.3 is 5.69 Å². The van der Waals surface area contributed by atoms with Crippen LogP contribution < -0.4 is 11.0 Å². The molecule has 2 heterocycles. The SMILES string of the molecule is CC1(CNc2ccc3n[nH]c(=O)n3n2)CCCCC1. The van der Waals surface area contributed by atoms with E-state index >= 15 is 0 Å². The van der Waals surface area contributed by atoms with E-state index in [4.69, 9.17) is 0 Å². The summed E-state index contributed by atoms with van der Waals surface area (Å²) in [6.07, 6.45) is 6.49. The predicted octanol–water partition coefficient (Wildman–Crippen LogP) is 1.80. The Hall–Kier alpha value is -1.85. The van der Waals surface area contributed by atoms with E-state index in [9.17, 15) is 4.79 Å². The first kappa shape index (κ1) is 12.2. The monoisotopic (exact) mass is 261 g/mol. The van der Waals surface area contributed by atoms with Gasteiger partial charge < -0.3 is 5.32 Å². The Morgan fingerprint density at radius 1 is 1.37 bits per heavy atom. The summed E-state index contributed by atoms with van der Waals surface area (Å²) < 4.78 is 1.28. The van der Waals surface area contributed by atoms with Gasteiger partial charge in [-0.1, -0.05) is 26.2 Å². The lowest BCUT2D eigenvalue weighted by Crippen LogP contribution is -2.29. The Bertz CT molecular complexity index is 623. The molecule has 2 N–H and O–H groups in total. The van der Waals surface area contributed by atoms with Gasteiger partial charge in [-0.05, 0) is 30.4 Å². The summed E-state index contributed by atoms with van der Waals surface area (Å²) in [4.78, 5) is 11.5. The van der Waals surface area contributed by atoms with Crippen molar-refractivity contribution < 1.29 is 0 Å². The highest BCUT2D eigenvalue weighted by Crippen LogP contribution is 2.35. The summed E-state index contributed by atoms with van der Waals surface area (Å²) in [5, 5.41) is 13.8. The molecule has 0 spiro atoms. The van der Waals surface area contributed by atoms with E-state index in [1.807, 2.05) is 6.07 Å². The molecule has 1 saturated carbocycles. The summed E-state index contributed by atoms with van der Waals surface area (Å²) in [7, 11) is 0. The predicted molar refractivity (Wildman–Crippen MR) is 73.3 cm³/mol. The number of aromatic amines is 1. The van der Waals surface area contributed by atoms with Gasteiger partial charge in [-0.15, -0.1) is 5.10 Å². The molecule has 2 aromatic rings. The summed E-state index contributed by atoms with van der Waals surface area (Å²) in [5.41, 5.74) is 0.581. The van der Waals surface area contributed by atoms with E-state index in [0.29, 0.717) is 11.1 Å². The normalized spacial score (nSPS) is 18.6. The van der Waals surface area contributed by atoms with Gasteiger partial charge in [0.2, 0.25) is 0 Å². The highest BCUT2D eigenvalue weighted by atomic mass is 16.2. The van der Waals surface area contributed by atoms with Gasteiger partial charge in [0.25, 0.3) is 0 Å². The molecule has 19 heavy (non-hydrogen) atoms. The zero-order valence-electron chi connectivity index (χ0n) is 11.1. The molecule has 0 amide bonds. The molecule has 0 atom stereocenters. The van der Waals surface area contributed by atoms with Gasteiger partial charge in [0.1, 0.15) is 5.82 Å². The lowest BCUT2D eigenvalue weighted by molar-refractivity contribution is 0.233. The summed E-state index contributed by atoms with van der Waals surface area (Å²) >= 11 is 0. The molecule has 0 aliphatic heterocycles. The van der Waals surface area contributed by atoms with Crippen molar-refractivity contribution in [1.82, 2.24) is 19.8 Å². The van der Waals surface area contributed by atoms with Crippen LogP contribution in [0.4, 0.5) is 5.82 Å². The van der Waals surface area contributed by atoms with Crippen LogP contribution in [-0.2, 0) is 0 Å². The maximum Gasteiger partial charge on any atom is 0.364 e. The van der Waals surface area contributed by atoms with Crippen molar-refractivity contribution in [2.75, 3.05) is 11.9 Å². The summed E-state index contributed by atoms with van der Waals surface area (Å²) in [6.45, 7) is 3.22. The fourth-order valence-corrected chi connectivity index (χ4v) is 2.78. The zero-order chi connectivity index (χ0) is 13.3. The van der Waals surface area contributed by atoms with Crippen LogP contribution in [0.3, 0.4) is 0 Å². The van der Waals surface area contributed by atoms with Crippen LogP contribution in [0.2, 0.25) is 0 Å². The average Bonchev–Trinajstić information content (AvgIpc) is 2.79. The first-order chi connectivity index (χ1) is 9.16. The Morgan fingerprint density at radius 3 is 2.95 bits per heavy atom. The van der Waals surface area contributed by atoms with Gasteiger partial charge in [-0.3, -0.25) is 0 Å². The van der Waals surface area contributed by atoms with Crippen molar-refractivity contribution in [3.63, 3.8) is 0 Å². The lowest BCUT2D eigenvalue weighted by Gasteiger charge is -2.33. The highest BCUT2D eigenvalue weighted by molar-refractivity contribution is 5.43. The molecule has 0 unspecified atom stereocenters. The second-order valence-electron chi connectivity index (χ2n) is 5.74. The smallest absolute Gasteiger partial charge is 0.364 e. The minimum absolute atomic E-state index is 0.303. The van der Waals surface area contributed by atoms with Crippen LogP contribution >= 0.6 is 0 Å². The Balaban J connectivity index is 1.74. The Labute approximate surface area is 111 Å². The van der Waals surface area contributed by atoms with Gasteiger partial charge in [0.15, 0.2) is 5.65 Å². The van der Waals surface area contributed by atoms with Gasteiger partial charge in [-0.25, -0.2) is 9.89 Å². The number of rotatable bonds is 3. The first-order valence-corrected chi connectivity index (χ1v) is 6.85. The zero-order valence-corrected chi connectivity index (χ0v) is 11.1. The molecule has 102 valence electrons. The number of fused-ring (bicyclic) bond motifs is 1. The number of hydrogen-bond donors (Lipinski definition) is 2. The largest absolute Gasteiger partial charge is 0.368 e. The Morgan fingerprint density at radius 2 is 2.16 bits per heavy atom. The van der Waals surface area contributed by atoms with Crippen LogP contribution in [0.25, 0.3) is 5.65 Å². The maximum absolute atomic E-state index is 11.5. The molecule has 0 saturated heterocycles. The average molecular weight is 261 g/mol. The third-order valence-electron chi connectivity index (χ3n) is 4.03. The van der Waals surface area contributed by atoms with E-state index in [1.165, 1.54) is 36.6 Å². The third kappa shape index (κ3) is 2.47. The van der Waals surface area contributed by atoms with Crippen molar-refractivity contribution >= 4 is 11.5 Å². The number of H-pyrrole nitrogens is 1. The second-order valence-corrected chi connectivity index (χ2v) is 5.74. The molecule has 0 radical (unpaired) electrons. The molecule has 6 nitrogen and oxygen atoms in total. The number of nitrogens with zero attached hydrogens (tertiary/aromatic N) is 3. The van der Waals surface area contributed by atoms with Crippen LogP contribution in [0.5, 0.6) is 0 Å². The van der Waals surface area contributed by atoms with Crippen molar-refractivity contribution in [2.45, 2.75) is 39.0 Å².